The van der Waals surface area contributed by atoms with Crippen LogP contribution in [-0.2, 0) is 11.8 Å². The van der Waals surface area contributed by atoms with Gasteiger partial charge in [0.1, 0.15) is 5.82 Å². The Hall–Kier alpha value is -3.66. The molecule has 0 amide bonds. The number of para-hydroxylation sites is 1. The lowest BCUT2D eigenvalue weighted by Crippen LogP contribution is -2.08. The highest BCUT2D eigenvalue weighted by molar-refractivity contribution is 6.25. The molecule has 32 heavy (non-hydrogen) atoms. The molecule has 0 radical (unpaired) electrons. The first-order chi connectivity index (χ1) is 15.6. The van der Waals surface area contributed by atoms with Crippen molar-refractivity contribution in [3.8, 4) is 11.1 Å². The first kappa shape index (κ1) is 20.3. The van der Waals surface area contributed by atoms with Crippen molar-refractivity contribution >= 4 is 38.5 Å². The number of rotatable bonds is 5. The number of fused-ring (bicyclic) bond motifs is 5. The van der Waals surface area contributed by atoms with Crippen LogP contribution >= 0.6 is 0 Å². The van der Waals surface area contributed by atoms with Gasteiger partial charge in [-0.1, -0.05) is 61.9 Å². The Kier molecular flexibility index (Phi) is 5.14. The van der Waals surface area contributed by atoms with Crippen molar-refractivity contribution in [1.29, 1.82) is 0 Å². The number of aromatic nitrogens is 1. The highest BCUT2D eigenvalue weighted by atomic mass is 19.1. The lowest BCUT2D eigenvalue weighted by atomic mass is 9.95. The molecule has 4 heteroatoms. The van der Waals surface area contributed by atoms with Crippen molar-refractivity contribution in [2.24, 2.45) is 7.05 Å². The number of hydrogen-bond acceptors (Lipinski definition) is 2. The number of halogens is 1. The molecule has 3 nitrogen and oxygen atoms in total. The highest BCUT2D eigenvalue weighted by Gasteiger charge is 2.22. The monoisotopic (exact) mass is 425 g/mol. The number of carbonyl (C=O) groups excluding carboxylic acids is 1. The zero-order valence-electron chi connectivity index (χ0n) is 18.2. The van der Waals surface area contributed by atoms with Gasteiger partial charge in [0.15, 0.2) is 0 Å². The summed E-state index contributed by atoms with van der Waals surface area (Å²) in [5, 5.41) is 2.89. The second kappa shape index (κ2) is 8.12. The quantitative estimate of drug-likeness (QED) is 0.219. The van der Waals surface area contributed by atoms with Crippen LogP contribution in [0.5, 0.6) is 0 Å². The van der Waals surface area contributed by atoms with E-state index in [1.807, 2.05) is 72.3 Å². The Morgan fingerprint density at radius 1 is 0.938 bits per heavy atom. The van der Waals surface area contributed by atoms with Gasteiger partial charge in [-0.05, 0) is 47.2 Å². The maximum Gasteiger partial charge on any atom is 0.340 e. The highest BCUT2D eigenvalue weighted by Crippen LogP contribution is 2.39. The van der Waals surface area contributed by atoms with E-state index in [-0.39, 0.29) is 11.8 Å². The topological polar surface area (TPSA) is 31.2 Å². The summed E-state index contributed by atoms with van der Waals surface area (Å²) in [6, 6.07) is 22.9. The van der Waals surface area contributed by atoms with E-state index < -0.39 is 0 Å². The van der Waals surface area contributed by atoms with Crippen LogP contribution in [0.3, 0.4) is 0 Å². The van der Waals surface area contributed by atoms with E-state index in [1.54, 1.807) is 12.1 Å². The molecular weight excluding hydrogens is 401 g/mol. The number of nitrogens with zero attached hydrogens (tertiary/aromatic N) is 1. The Morgan fingerprint density at radius 3 is 2.47 bits per heavy atom. The van der Waals surface area contributed by atoms with Crippen LogP contribution in [0.4, 0.5) is 4.39 Å². The lowest BCUT2D eigenvalue weighted by Gasteiger charge is -2.12. The summed E-state index contributed by atoms with van der Waals surface area (Å²) < 4.78 is 23.2. The van der Waals surface area contributed by atoms with Gasteiger partial charge in [0.2, 0.25) is 0 Å². The number of hydrogen-bond donors (Lipinski definition) is 0. The molecule has 0 spiro atoms. The molecule has 0 aliphatic rings. The van der Waals surface area contributed by atoms with E-state index in [9.17, 15) is 4.79 Å². The number of ether oxygens (including phenoxy) is 1. The SMILES string of the molecule is CCCCOC(=O)c1cc2cc(-c3ccccc3)cc(F)c2c2c3ccccc3n(C)c12. The van der Waals surface area contributed by atoms with Gasteiger partial charge in [-0.25, -0.2) is 9.18 Å². The molecule has 5 rings (SSSR count). The van der Waals surface area contributed by atoms with Crippen LogP contribution in [0.15, 0.2) is 72.8 Å². The molecule has 1 heterocycles. The molecular formula is C28H24FNO2. The maximum atomic E-state index is 15.7. The fourth-order valence-electron chi connectivity index (χ4n) is 4.53. The van der Waals surface area contributed by atoms with Gasteiger partial charge in [0.25, 0.3) is 0 Å². The van der Waals surface area contributed by atoms with E-state index in [0.717, 1.165) is 40.3 Å². The second-order valence-electron chi connectivity index (χ2n) is 8.14. The molecule has 0 unspecified atom stereocenters. The normalized spacial score (nSPS) is 11.5. The van der Waals surface area contributed by atoms with Crippen molar-refractivity contribution in [3.63, 3.8) is 0 Å². The first-order valence-corrected chi connectivity index (χ1v) is 11.0. The summed E-state index contributed by atoms with van der Waals surface area (Å²) in [6.07, 6.45) is 1.75. The van der Waals surface area contributed by atoms with Crippen LogP contribution in [0.25, 0.3) is 43.7 Å². The van der Waals surface area contributed by atoms with Crippen LogP contribution in [0.1, 0.15) is 30.1 Å². The predicted octanol–water partition coefficient (Wildman–Crippen LogP) is 7.25. The number of carbonyl (C=O) groups is 1. The Labute approximate surface area is 186 Å². The van der Waals surface area contributed by atoms with E-state index in [4.69, 9.17) is 4.74 Å². The third-order valence-electron chi connectivity index (χ3n) is 6.09. The van der Waals surface area contributed by atoms with E-state index in [2.05, 4.69) is 6.92 Å². The van der Waals surface area contributed by atoms with Gasteiger partial charge in [0.05, 0.1) is 17.7 Å². The van der Waals surface area contributed by atoms with Gasteiger partial charge in [-0.2, -0.15) is 0 Å². The molecule has 0 saturated heterocycles. The maximum absolute atomic E-state index is 15.7. The number of aryl methyl sites for hydroxylation is 1. The Morgan fingerprint density at radius 2 is 1.69 bits per heavy atom. The van der Waals surface area contributed by atoms with Crippen molar-refractivity contribution in [2.75, 3.05) is 6.61 Å². The molecule has 5 aromatic rings. The lowest BCUT2D eigenvalue weighted by molar-refractivity contribution is 0.0502. The van der Waals surface area contributed by atoms with Crippen LogP contribution in [-0.4, -0.2) is 17.1 Å². The molecule has 0 bridgehead atoms. The summed E-state index contributed by atoms with van der Waals surface area (Å²) >= 11 is 0. The van der Waals surface area contributed by atoms with Gasteiger partial charge >= 0.3 is 5.97 Å². The minimum atomic E-state index is -0.373. The van der Waals surface area contributed by atoms with Gasteiger partial charge in [-0.15, -0.1) is 0 Å². The molecule has 160 valence electrons. The zero-order chi connectivity index (χ0) is 22.2. The van der Waals surface area contributed by atoms with Crippen LogP contribution in [0, 0.1) is 5.82 Å². The van der Waals surface area contributed by atoms with Crippen molar-refractivity contribution in [1.82, 2.24) is 4.57 Å². The predicted molar refractivity (Wildman–Crippen MR) is 129 cm³/mol. The summed E-state index contributed by atoms with van der Waals surface area (Å²) in [6.45, 7) is 2.43. The molecule has 0 N–H and O–H groups in total. The molecule has 0 fully saturated rings. The summed E-state index contributed by atoms with van der Waals surface area (Å²) in [5.41, 5.74) is 3.82. The minimum Gasteiger partial charge on any atom is -0.462 e. The summed E-state index contributed by atoms with van der Waals surface area (Å²) in [7, 11) is 1.91. The fourth-order valence-corrected chi connectivity index (χ4v) is 4.53. The van der Waals surface area contributed by atoms with Gasteiger partial charge in [-0.3, -0.25) is 0 Å². The molecule has 0 saturated carbocycles. The van der Waals surface area contributed by atoms with Crippen LogP contribution in [0.2, 0.25) is 0 Å². The number of esters is 1. The van der Waals surface area contributed by atoms with E-state index in [1.165, 1.54) is 0 Å². The van der Waals surface area contributed by atoms with Crippen LogP contribution < -0.4 is 0 Å². The standard InChI is InChI=1S/C28H24FNO2/c1-3-4-14-32-28(31)22-16-20-15-19(18-10-6-5-7-11-18)17-23(29)25(20)26-21-12-8-9-13-24(21)30(2)27(22)26/h5-13,15-17H,3-4,14H2,1-2H3. The zero-order valence-corrected chi connectivity index (χ0v) is 18.2. The average Bonchev–Trinajstić information content (AvgIpc) is 3.12. The summed E-state index contributed by atoms with van der Waals surface area (Å²) in [5.74, 6) is -0.671. The first-order valence-electron chi connectivity index (χ1n) is 11.0. The largest absolute Gasteiger partial charge is 0.462 e. The Bertz CT molecular complexity index is 1470. The molecule has 0 aliphatic carbocycles. The van der Waals surface area contributed by atoms with Crippen molar-refractivity contribution in [2.45, 2.75) is 19.8 Å². The average molecular weight is 426 g/mol. The van der Waals surface area contributed by atoms with E-state index in [0.29, 0.717) is 28.5 Å². The third-order valence-corrected chi connectivity index (χ3v) is 6.09. The smallest absolute Gasteiger partial charge is 0.340 e. The number of unbranched alkanes of at least 4 members (excludes halogenated alkanes) is 1. The summed E-state index contributed by atoms with van der Waals surface area (Å²) in [4.78, 5) is 13.1. The minimum absolute atomic E-state index is 0.298. The van der Waals surface area contributed by atoms with Gasteiger partial charge in [0, 0.05) is 28.7 Å². The third kappa shape index (κ3) is 3.23. The van der Waals surface area contributed by atoms with Gasteiger partial charge < -0.3 is 9.30 Å². The fraction of sp³-hybridized carbons (Fsp3) is 0.179. The Balaban J connectivity index is 1.85. The molecule has 0 aliphatic heterocycles. The number of benzene rings is 4. The molecule has 4 aromatic carbocycles. The second-order valence-corrected chi connectivity index (χ2v) is 8.14. The molecule has 1 aromatic heterocycles. The van der Waals surface area contributed by atoms with Crippen molar-refractivity contribution in [3.05, 3.63) is 84.2 Å². The van der Waals surface area contributed by atoms with Crippen molar-refractivity contribution < 1.29 is 13.9 Å². The molecule has 0 atom stereocenters. The van der Waals surface area contributed by atoms with E-state index >= 15 is 4.39 Å².